The molecule has 1 heterocycles. The first-order valence-corrected chi connectivity index (χ1v) is 8.40. The van der Waals surface area contributed by atoms with Crippen molar-refractivity contribution < 1.29 is 14.5 Å². The minimum atomic E-state index is -0.756. The summed E-state index contributed by atoms with van der Waals surface area (Å²) in [6.07, 6.45) is 4.71. The number of hydrogen-bond acceptors (Lipinski definition) is 4. The van der Waals surface area contributed by atoms with E-state index in [1.807, 2.05) is 4.90 Å². The van der Waals surface area contributed by atoms with Gasteiger partial charge in [0.25, 0.3) is 5.91 Å². The summed E-state index contributed by atoms with van der Waals surface area (Å²) >= 11 is 0. The Balaban J connectivity index is 1.58. The van der Waals surface area contributed by atoms with Crippen molar-refractivity contribution in [1.29, 1.82) is 0 Å². The molecule has 7 heteroatoms. The van der Waals surface area contributed by atoms with Crippen LogP contribution < -0.4 is 5.32 Å². The summed E-state index contributed by atoms with van der Waals surface area (Å²) in [7, 11) is 0. The Labute approximate surface area is 140 Å². The van der Waals surface area contributed by atoms with Gasteiger partial charge in [-0.25, -0.2) is 0 Å². The van der Waals surface area contributed by atoms with Gasteiger partial charge in [-0.15, -0.1) is 0 Å². The Bertz CT molecular complexity index is 636. The SMILES string of the molecule is O=C(Nc1ccc(C(=O)N2CCCCCC2)cc1)[C@H]1C[C@@H]1[N+](=O)[O-]. The van der Waals surface area contributed by atoms with Gasteiger partial charge in [-0.1, -0.05) is 12.8 Å². The average Bonchev–Trinajstić information content (AvgIpc) is 3.39. The fourth-order valence-electron chi connectivity index (χ4n) is 3.08. The molecule has 0 spiro atoms. The Hall–Kier alpha value is -2.44. The number of nitrogens with one attached hydrogen (secondary N) is 1. The molecule has 2 amide bonds. The highest BCUT2D eigenvalue weighted by atomic mass is 16.6. The number of amides is 2. The topological polar surface area (TPSA) is 92.6 Å². The molecule has 0 bridgehead atoms. The van der Waals surface area contributed by atoms with Gasteiger partial charge in [0, 0.05) is 35.7 Å². The lowest BCUT2D eigenvalue weighted by Gasteiger charge is -2.20. The molecule has 2 aliphatic rings. The summed E-state index contributed by atoms with van der Waals surface area (Å²) in [6, 6.07) is 5.98. The third-order valence-corrected chi connectivity index (χ3v) is 4.66. The highest BCUT2D eigenvalue weighted by Crippen LogP contribution is 2.34. The van der Waals surface area contributed by atoms with E-state index in [0.29, 0.717) is 17.7 Å². The lowest BCUT2D eigenvalue weighted by atomic mass is 10.1. The zero-order valence-corrected chi connectivity index (χ0v) is 13.4. The molecule has 0 aromatic heterocycles. The molecule has 3 rings (SSSR count). The molecule has 24 heavy (non-hydrogen) atoms. The molecule has 0 unspecified atom stereocenters. The van der Waals surface area contributed by atoms with E-state index >= 15 is 0 Å². The first-order valence-electron chi connectivity index (χ1n) is 8.40. The fraction of sp³-hybridized carbons (Fsp3) is 0.529. The molecular weight excluding hydrogens is 310 g/mol. The minimum absolute atomic E-state index is 0.0189. The molecule has 7 nitrogen and oxygen atoms in total. The summed E-state index contributed by atoms with van der Waals surface area (Å²) in [5, 5.41) is 13.3. The molecule has 128 valence electrons. The van der Waals surface area contributed by atoms with Crippen molar-refractivity contribution in [3.05, 3.63) is 39.9 Å². The third kappa shape index (κ3) is 3.72. The van der Waals surface area contributed by atoms with Crippen LogP contribution in [0.2, 0.25) is 0 Å². The van der Waals surface area contributed by atoms with E-state index < -0.39 is 16.9 Å². The number of carbonyl (C=O) groups excluding carboxylic acids is 2. The summed E-state index contributed by atoms with van der Waals surface area (Å²) in [5.41, 5.74) is 1.16. The first kappa shape index (κ1) is 16.4. The standard InChI is InChI=1S/C17H21N3O4/c21-16(14-11-15(14)20(23)24)18-13-7-5-12(6-8-13)17(22)19-9-3-1-2-4-10-19/h5-8,14-15H,1-4,9-11H2,(H,18,21)/t14-,15-/m0/s1. The Kier molecular flexibility index (Phi) is 4.78. The first-order chi connectivity index (χ1) is 11.6. The summed E-state index contributed by atoms with van der Waals surface area (Å²) < 4.78 is 0. The zero-order chi connectivity index (χ0) is 17.1. The van der Waals surface area contributed by atoms with Gasteiger partial charge in [-0.2, -0.15) is 0 Å². The highest BCUT2D eigenvalue weighted by molar-refractivity contribution is 5.97. The van der Waals surface area contributed by atoms with E-state index in [-0.39, 0.29) is 11.8 Å². The van der Waals surface area contributed by atoms with Crippen LogP contribution in [0.15, 0.2) is 24.3 Å². The molecule has 0 radical (unpaired) electrons. The number of likely N-dealkylation sites (tertiary alicyclic amines) is 1. The van der Waals surface area contributed by atoms with Crippen molar-refractivity contribution >= 4 is 17.5 Å². The number of benzene rings is 1. The van der Waals surface area contributed by atoms with E-state index in [4.69, 9.17) is 0 Å². The van der Waals surface area contributed by atoms with E-state index in [9.17, 15) is 19.7 Å². The fourth-order valence-corrected chi connectivity index (χ4v) is 3.08. The predicted octanol–water partition coefficient (Wildman–Crippen LogP) is 2.31. The molecule has 1 aliphatic carbocycles. The zero-order valence-electron chi connectivity index (χ0n) is 13.4. The van der Waals surface area contributed by atoms with Crippen LogP contribution in [0, 0.1) is 16.0 Å². The quantitative estimate of drug-likeness (QED) is 0.677. The molecule has 1 aromatic carbocycles. The highest BCUT2D eigenvalue weighted by Gasteiger charge is 2.53. The second-order valence-corrected chi connectivity index (χ2v) is 6.47. The Morgan fingerprint density at radius 2 is 1.71 bits per heavy atom. The van der Waals surface area contributed by atoms with Crippen LogP contribution >= 0.6 is 0 Å². The molecule has 2 fully saturated rings. The lowest BCUT2D eigenvalue weighted by molar-refractivity contribution is -0.497. The molecule has 1 aliphatic heterocycles. The number of carbonyl (C=O) groups is 2. The van der Waals surface area contributed by atoms with Crippen LogP contribution in [-0.2, 0) is 4.79 Å². The molecular formula is C17H21N3O4. The second kappa shape index (κ2) is 6.98. The van der Waals surface area contributed by atoms with Crippen LogP contribution in [0.3, 0.4) is 0 Å². The van der Waals surface area contributed by atoms with Gasteiger partial charge in [-0.3, -0.25) is 19.7 Å². The summed E-state index contributed by atoms with van der Waals surface area (Å²) in [5.74, 6) is -0.855. The van der Waals surface area contributed by atoms with Gasteiger partial charge in [0.1, 0.15) is 5.92 Å². The van der Waals surface area contributed by atoms with E-state index in [2.05, 4.69) is 5.32 Å². The van der Waals surface area contributed by atoms with Crippen LogP contribution in [0.1, 0.15) is 42.5 Å². The van der Waals surface area contributed by atoms with Gasteiger partial charge in [0.15, 0.2) is 0 Å². The van der Waals surface area contributed by atoms with Crippen molar-refractivity contribution in [1.82, 2.24) is 4.90 Å². The number of nitrogens with zero attached hydrogens (tertiary/aromatic N) is 2. The van der Waals surface area contributed by atoms with E-state index in [1.54, 1.807) is 24.3 Å². The summed E-state index contributed by atoms with van der Waals surface area (Å²) in [6.45, 7) is 1.59. The van der Waals surface area contributed by atoms with Crippen molar-refractivity contribution in [2.24, 2.45) is 5.92 Å². The van der Waals surface area contributed by atoms with E-state index in [1.165, 1.54) is 12.8 Å². The van der Waals surface area contributed by atoms with Gasteiger partial charge < -0.3 is 10.2 Å². The van der Waals surface area contributed by atoms with Gasteiger partial charge in [0.05, 0.1) is 0 Å². The number of nitro groups is 1. The van der Waals surface area contributed by atoms with E-state index in [0.717, 1.165) is 25.9 Å². The Morgan fingerprint density at radius 1 is 1.08 bits per heavy atom. The van der Waals surface area contributed by atoms with Crippen LogP contribution in [0.4, 0.5) is 5.69 Å². The van der Waals surface area contributed by atoms with Gasteiger partial charge >= 0.3 is 0 Å². The molecule has 1 saturated carbocycles. The second-order valence-electron chi connectivity index (χ2n) is 6.47. The Morgan fingerprint density at radius 3 is 2.25 bits per heavy atom. The monoisotopic (exact) mass is 331 g/mol. The van der Waals surface area contributed by atoms with Crippen molar-refractivity contribution in [2.45, 2.75) is 38.1 Å². The maximum Gasteiger partial charge on any atom is 0.253 e. The maximum absolute atomic E-state index is 12.5. The molecule has 2 atom stereocenters. The summed E-state index contributed by atoms with van der Waals surface area (Å²) in [4.78, 5) is 36.5. The van der Waals surface area contributed by atoms with Crippen LogP contribution in [0.5, 0.6) is 0 Å². The van der Waals surface area contributed by atoms with Crippen molar-refractivity contribution in [3.63, 3.8) is 0 Å². The number of hydrogen-bond donors (Lipinski definition) is 1. The van der Waals surface area contributed by atoms with Crippen LogP contribution in [0.25, 0.3) is 0 Å². The number of rotatable bonds is 4. The molecule has 1 N–H and O–H groups in total. The lowest BCUT2D eigenvalue weighted by Crippen LogP contribution is -2.31. The van der Waals surface area contributed by atoms with Crippen molar-refractivity contribution in [3.8, 4) is 0 Å². The smallest absolute Gasteiger partial charge is 0.253 e. The average molecular weight is 331 g/mol. The number of anilines is 1. The largest absolute Gasteiger partial charge is 0.339 e. The van der Waals surface area contributed by atoms with Crippen LogP contribution in [-0.4, -0.2) is 40.8 Å². The van der Waals surface area contributed by atoms with Gasteiger partial charge in [-0.05, 0) is 37.1 Å². The maximum atomic E-state index is 12.5. The normalized spacial score (nSPS) is 23.2. The van der Waals surface area contributed by atoms with Gasteiger partial charge in [0.2, 0.25) is 11.9 Å². The third-order valence-electron chi connectivity index (χ3n) is 4.66. The van der Waals surface area contributed by atoms with Crippen molar-refractivity contribution in [2.75, 3.05) is 18.4 Å². The molecule has 1 saturated heterocycles. The minimum Gasteiger partial charge on any atom is -0.339 e. The predicted molar refractivity (Wildman–Crippen MR) is 88.3 cm³/mol. The molecule has 1 aromatic rings.